The standard InChI is InChI=1S/C29H33N5O3.C29H35N5O.C26H30N4O/c1-5-35-24-9-7-23(8-10-24)34-20(3)27-19(2)30-31-29(28(27)21(34)4)33-14-12-32(13-15-33)17-22-6-11-25-26(16-22)37-18-36-25;1-7-35-26-12-10-24(11-13-26)34-22(5)27-21(4)30-31-29(28(27)23(34)6)33-16-14-32(15-17-33)25-9-8-19(2)20(3)18-25;1-7-31-23-14-12-22(13-15-23)30-18(5)24-17(4)28-29-26(25(24)19(30)6)27-21-10-8-20(9-11-21)16(2)3/h6-11,16H,5,12-15,17-18H2,1-4H3;8-13,18H,7,14-17H2,1-6H3;8-16H,7H2,1-6H3,(H,27,29). The number of aromatic nitrogens is 9. The summed E-state index contributed by atoms with van der Waals surface area (Å²) < 4.78 is 34.8. The van der Waals surface area contributed by atoms with E-state index < -0.39 is 0 Å². The number of hydrogen-bond donors (Lipinski definition) is 1. The molecular weight excluding hydrogens is 1290 g/mol. The molecule has 2 saturated heterocycles. The maximum Gasteiger partial charge on any atom is 0.231 e. The fraction of sp³-hybridized carbons (Fsp3) is 0.357. The smallest absolute Gasteiger partial charge is 0.231 e. The Labute approximate surface area is 606 Å². The predicted octanol–water partition coefficient (Wildman–Crippen LogP) is 17.1. The zero-order valence-corrected chi connectivity index (χ0v) is 62.8. The number of fused-ring (bicyclic) bond motifs is 4. The van der Waals surface area contributed by atoms with Crippen LogP contribution >= 0.6 is 0 Å². The van der Waals surface area contributed by atoms with Gasteiger partial charge in [0.1, 0.15) is 17.2 Å². The third-order valence-corrected chi connectivity index (χ3v) is 20.6. The van der Waals surface area contributed by atoms with Crippen LogP contribution in [0.5, 0.6) is 28.7 Å². The van der Waals surface area contributed by atoms with Crippen LogP contribution in [0.15, 0.2) is 133 Å². The van der Waals surface area contributed by atoms with E-state index in [2.05, 4.69) is 233 Å². The van der Waals surface area contributed by atoms with Gasteiger partial charge in [0.05, 0.1) is 36.9 Å². The van der Waals surface area contributed by atoms with Crippen LogP contribution in [0.1, 0.15) is 114 Å². The van der Waals surface area contributed by atoms with Gasteiger partial charge in [0.25, 0.3) is 0 Å². The molecule has 15 rings (SSSR count). The van der Waals surface area contributed by atoms with Gasteiger partial charge in [0.15, 0.2) is 29.0 Å². The normalized spacial score (nSPS) is 13.8. The minimum atomic E-state index is 0.308. The first-order valence-electron chi connectivity index (χ1n) is 36.4. The van der Waals surface area contributed by atoms with Crippen molar-refractivity contribution in [1.82, 2.24) is 49.2 Å². The van der Waals surface area contributed by atoms with Gasteiger partial charge in [-0.15, -0.1) is 15.3 Å². The Kier molecular flexibility index (Phi) is 21.0. The maximum atomic E-state index is 5.65. The summed E-state index contributed by atoms with van der Waals surface area (Å²) in [6.07, 6.45) is 0. The van der Waals surface area contributed by atoms with Crippen LogP contribution in [0.25, 0.3) is 49.4 Å². The third kappa shape index (κ3) is 14.4. The Hall–Kier alpha value is -10.7. The van der Waals surface area contributed by atoms with E-state index in [1.54, 1.807) is 0 Å². The van der Waals surface area contributed by atoms with Crippen LogP contribution in [0.2, 0.25) is 0 Å². The average molecular weight is 1380 g/mol. The summed E-state index contributed by atoms with van der Waals surface area (Å²) in [5, 5.41) is 38.1. The average Bonchev–Trinajstić information content (AvgIpc) is 1.61. The second kappa shape index (κ2) is 30.5. The number of anilines is 5. The van der Waals surface area contributed by atoms with Gasteiger partial charge in [0.2, 0.25) is 6.79 Å². The van der Waals surface area contributed by atoms with Gasteiger partial charge in [-0.05, 0) is 234 Å². The summed E-state index contributed by atoms with van der Waals surface area (Å²) in [7, 11) is 0. The first-order valence-corrected chi connectivity index (χ1v) is 36.4. The van der Waals surface area contributed by atoms with Gasteiger partial charge in [-0.1, -0.05) is 38.1 Å². The molecular formula is C84H98N14O5. The molecule has 19 heteroatoms. The minimum Gasteiger partial charge on any atom is -0.494 e. The van der Waals surface area contributed by atoms with Crippen LogP contribution in [0.4, 0.5) is 28.8 Å². The van der Waals surface area contributed by atoms with Gasteiger partial charge >= 0.3 is 0 Å². The summed E-state index contributed by atoms with van der Waals surface area (Å²) in [5.74, 6) is 7.60. The summed E-state index contributed by atoms with van der Waals surface area (Å²) in [4.78, 5) is 9.75. The number of piperazine rings is 2. The largest absolute Gasteiger partial charge is 0.494 e. The van der Waals surface area contributed by atoms with E-state index in [0.717, 1.165) is 167 Å². The molecule has 103 heavy (non-hydrogen) atoms. The molecule has 6 aromatic heterocycles. The molecule has 0 saturated carbocycles. The zero-order chi connectivity index (χ0) is 72.3. The molecule has 1 N–H and O–H groups in total. The van der Waals surface area contributed by atoms with E-state index in [-0.39, 0.29) is 0 Å². The Morgan fingerprint density at radius 3 is 1.25 bits per heavy atom. The second-order valence-electron chi connectivity index (χ2n) is 27.5. The van der Waals surface area contributed by atoms with E-state index in [9.17, 15) is 0 Å². The Morgan fingerprint density at radius 1 is 0.388 bits per heavy atom. The Balaban J connectivity index is 0.000000138. The van der Waals surface area contributed by atoms with Crippen LogP contribution in [-0.2, 0) is 6.54 Å². The number of benzene rings is 6. The Bertz CT molecular complexity index is 5010. The molecule has 9 heterocycles. The van der Waals surface area contributed by atoms with E-state index >= 15 is 0 Å². The summed E-state index contributed by atoms with van der Waals surface area (Å²) in [5.41, 5.74) is 20.8. The van der Waals surface area contributed by atoms with Crippen LogP contribution in [0.3, 0.4) is 0 Å². The maximum absolute atomic E-state index is 5.65. The lowest BCUT2D eigenvalue weighted by atomic mass is 10.0. The van der Waals surface area contributed by atoms with E-state index in [0.29, 0.717) is 32.5 Å². The highest BCUT2D eigenvalue weighted by Crippen LogP contribution is 2.41. The van der Waals surface area contributed by atoms with Crippen LogP contribution < -0.4 is 43.7 Å². The number of nitrogens with zero attached hydrogens (tertiary/aromatic N) is 13. The molecule has 3 aliphatic heterocycles. The first kappa shape index (κ1) is 70.8. The van der Waals surface area contributed by atoms with Crippen LogP contribution in [0, 0.1) is 76.2 Å². The van der Waals surface area contributed by atoms with Crippen molar-refractivity contribution in [2.24, 2.45) is 0 Å². The number of ether oxygens (including phenoxy) is 5. The highest BCUT2D eigenvalue weighted by molar-refractivity contribution is 6.01. The molecule has 0 unspecified atom stereocenters. The molecule has 2 fully saturated rings. The first-order chi connectivity index (χ1) is 49.8. The Morgan fingerprint density at radius 2 is 0.796 bits per heavy atom. The predicted molar refractivity (Wildman–Crippen MR) is 417 cm³/mol. The zero-order valence-electron chi connectivity index (χ0n) is 62.8. The highest BCUT2D eigenvalue weighted by Gasteiger charge is 2.29. The SMILES string of the molecule is CCOc1ccc(-n2c(C)c3c(C)nnc(N4CCN(Cc5ccc6c(c5)OCO6)CC4)c3c2C)cc1.CCOc1ccc(-n2c(C)c3c(C)nnc(N4CCN(c5ccc(C)c(C)c5)CC4)c3c2C)cc1.CCOc1ccc(-n2c(C)c3c(C)nnc(Nc4ccc(C(C)C)cc4)c3c2C)cc1. The molecule has 3 aliphatic rings. The van der Waals surface area contributed by atoms with Crippen molar-refractivity contribution in [3.63, 3.8) is 0 Å². The number of aryl methyl sites for hydroxylation is 11. The lowest BCUT2D eigenvalue weighted by Gasteiger charge is -2.37. The molecule has 0 aliphatic carbocycles. The lowest BCUT2D eigenvalue weighted by molar-refractivity contribution is 0.174. The van der Waals surface area contributed by atoms with E-state index in [1.807, 2.05) is 70.2 Å². The molecule has 0 spiro atoms. The van der Waals surface area contributed by atoms with Crippen molar-refractivity contribution >= 4 is 61.1 Å². The number of rotatable bonds is 17. The third-order valence-electron chi connectivity index (χ3n) is 20.6. The fourth-order valence-electron chi connectivity index (χ4n) is 15.2. The monoisotopic (exact) mass is 1380 g/mol. The molecule has 534 valence electrons. The molecule has 0 bridgehead atoms. The molecule has 0 atom stereocenters. The van der Waals surface area contributed by atoms with Crippen molar-refractivity contribution in [2.45, 2.75) is 123 Å². The summed E-state index contributed by atoms with van der Waals surface area (Å²) >= 11 is 0. The molecule has 0 amide bonds. The van der Waals surface area contributed by atoms with Crippen molar-refractivity contribution in [1.29, 1.82) is 0 Å². The molecule has 19 nitrogen and oxygen atoms in total. The van der Waals surface area contributed by atoms with Crippen molar-refractivity contribution in [3.05, 3.63) is 207 Å². The van der Waals surface area contributed by atoms with Crippen molar-refractivity contribution < 1.29 is 23.7 Å². The topological polar surface area (TPSA) is 163 Å². The van der Waals surface area contributed by atoms with Crippen LogP contribution in [-0.4, -0.2) is 128 Å². The summed E-state index contributed by atoms with van der Waals surface area (Å²) in [6.45, 7) is 44.6. The summed E-state index contributed by atoms with van der Waals surface area (Å²) in [6, 6.07) is 46.4. The van der Waals surface area contributed by atoms with Crippen molar-refractivity contribution in [2.75, 3.05) is 99.0 Å². The second-order valence-corrected chi connectivity index (χ2v) is 27.5. The van der Waals surface area contributed by atoms with Gasteiger partial charge < -0.3 is 57.4 Å². The van der Waals surface area contributed by atoms with Crippen molar-refractivity contribution in [3.8, 4) is 45.8 Å². The van der Waals surface area contributed by atoms with E-state index in [1.165, 1.54) is 72.3 Å². The highest BCUT2D eigenvalue weighted by atomic mass is 16.7. The van der Waals surface area contributed by atoms with E-state index in [4.69, 9.17) is 33.9 Å². The van der Waals surface area contributed by atoms with Gasteiger partial charge in [-0.25, -0.2) is 0 Å². The lowest BCUT2D eigenvalue weighted by Crippen LogP contribution is -2.47. The van der Waals surface area contributed by atoms with Gasteiger partial charge in [-0.2, -0.15) is 15.3 Å². The fourth-order valence-corrected chi connectivity index (χ4v) is 15.2. The van der Waals surface area contributed by atoms with Gasteiger partial charge in [-0.3, -0.25) is 4.90 Å². The quantitative estimate of drug-likeness (QED) is 0.0915. The molecule has 12 aromatic rings. The number of nitrogens with one attached hydrogen (secondary N) is 1. The minimum absolute atomic E-state index is 0.308. The van der Waals surface area contributed by atoms with Gasteiger partial charge in [0, 0.05) is 154 Å². The molecule has 0 radical (unpaired) electrons. The number of hydrogen-bond acceptors (Lipinski definition) is 16. The molecule has 6 aromatic carbocycles.